The number of rotatable bonds is 6. The molecule has 5 nitrogen and oxygen atoms in total. The van der Waals surface area contributed by atoms with Crippen molar-refractivity contribution in [2.45, 2.75) is 17.3 Å². The molecule has 142 valence electrons. The Balaban J connectivity index is 1.92. The number of benzene rings is 2. The summed E-state index contributed by atoms with van der Waals surface area (Å²) in [6.07, 6.45) is 0. The number of thioether (sulfide) groups is 1. The highest BCUT2D eigenvalue weighted by molar-refractivity contribution is 8.00. The van der Waals surface area contributed by atoms with Gasteiger partial charge in [-0.2, -0.15) is 13.2 Å². The van der Waals surface area contributed by atoms with E-state index in [1.165, 1.54) is 25.1 Å². The highest BCUT2D eigenvalue weighted by Crippen LogP contribution is 2.36. The maximum absolute atomic E-state index is 12.3. The molecule has 2 rings (SSSR count). The van der Waals surface area contributed by atoms with Gasteiger partial charge in [-0.15, -0.1) is 0 Å². The number of carbonyl (C=O) groups is 3. The van der Waals surface area contributed by atoms with Gasteiger partial charge in [-0.05, 0) is 55.1 Å². The van der Waals surface area contributed by atoms with Crippen LogP contribution in [0.4, 0.5) is 18.9 Å². The lowest BCUT2D eigenvalue weighted by Crippen LogP contribution is -2.22. The Labute approximate surface area is 156 Å². The third kappa shape index (κ3) is 6.45. The number of anilines is 1. The van der Waals surface area contributed by atoms with E-state index in [4.69, 9.17) is 4.74 Å². The third-order valence-corrected chi connectivity index (χ3v) is 3.98. The Kier molecular flexibility index (Phi) is 6.62. The van der Waals surface area contributed by atoms with Gasteiger partial charge in [-0.1, -0.05) is 12.1 Å². The van der Waals surface area contributed by atoms with Gasteiger partial charge in [0.1, 0.15) is 0 Å². The van der Waals surface area contributed by atoms with E-state index in [0.717, 1.165) is 12.1 Å². The lowest BCUT2D eigenvalue weighted by Gasteiger charge is -2.10. The molecule has 1 N–H and O–H groups in total. The average Bonchev–Trinajstić information content (AvgIpc) is 2.59. The number of amides is 1. The van der Waals surface area contributed by atoms with E-state index >= 15 is 0 Å². The lowest BCUT2D eigenvalue weighted by atomic mass is 10.1. The predicted octanol–water partition coefficient (Wildman–Crippen LogP) is 4.30. The molecule has 0 aromatic heterocycles. The largest absolute Gasteiger partial charge is 0.452 e. The van der Waals surface area contributed by atoms with Crippen LogP contribution in [0, 0.1) is 0 Å². The van der Waals surface area contributed by atoms with Gasteiger partial charge in [0.2, 0.25) is 0 Å². The van der Waals surface area contributed by atoms with Crippen molar-refractivity contribution in [2.24, 2.45) is 0 Å². The van der Waals surface area contributed by atoms with E-state index < -0.39 is 24.0 Å². The second-order valence-corrected chi connectivity index (χ2v) is 6.44. The summed E-state index contributed by atoms with van der Waals surface area (Å²) < 4.78 is 41.7. The van der Waals surface area contributed by atoms with Crippen LogP contribution in [-0.2, 0) is 9.53 Å². The van der Waals surface area contributed by atoms with Gasteiger partial charge in [-0.25, -0.2) is 4.79 Å². The first-order chi connectivity index (χ1) is 12.7. The number of ether oxygens (including phenoxy) is 1. The van der Waals surface area contributed by atoms with Crippen LogP contribution in [0.15, 0.2) is 53.4 Å². The lowest BCUT2D eigenvalue weighted by molar-refractivity contribution is -0.119. The highest BCUT2D eigenvalue weighted by atomic mass is 32.2. The SMILES string of the molecule is CC(=O)c1ccccc1NC(=O)COC(=O)c1ccc(SC(F)(F)F)cc1. The quantitative estimate of drug-likeness (QED) is 0.447. The molecular weight excluding hydrogens is 383 g/mol. The van der Waals surface area contributed by atoms with Gasteiger partial charge < -0.3 is 10.1 Å². The number of carbonyl (C=O) groups excluding carboxylic acids is 3. The zero-order chi connectivity index (χ0) is 20.0. The molecule has 0 spiro atoms. The predicted molar refractivity (Wildman–Crippen MR) is 93.7 cm³/mol. The molecule has 0 fully saturated rings. The van der Waals surface area contributed by atoms with E-state index in [1.807, 2.05) is 0 Å². The number of ketones is 1. The molecule has 0 unspecified atom stereocenters. The first kappa shape index (κ1) is 20.5. The maximum atomic E-state index is 12.3. The number of nitrogens with one attached hydrogen (secondary N) is 1. The summed E-state index contributed by atoms with van der Waals surface area (Å²) in [7, 11) is 0. The molecule has 0 atom stereocenters. The molecule has 0 saturated carbocycles. The molecule has 2 aromatic carbocycles. The Morgan fingerprint density at radius 3 is 2.26 bits per heavy atom. The van der Waals surface area contributed by atoms with Crippen molar-refractivity contribution in [1.82, 2.24) is 0 Å². The minimum atomic E-state index is -4.42. The Hall–Kier alpha value is -2.81. The number of alkyl halides is 3. The number of esters is 1. The minimum absolute atomic E-state index is 0.0125. The summed E-state index contributed by atoms with van der Waals surface area (Å²) >= 11 is -0.299. The molecule has 0 bridgehead atoms. The van der Waals surface area contributed by atoms with Crippen molar-refractivity contribution in [2.75, 3.05) is 11.9 Å². The highest BCUT2D eigenvalue weighted by Gasteiger charge is 2.29. The summed E-state index contributed by atoms with van der Waals surface area (Å²) in [5.74, 6) is -1.74. The molecule has 0 heterocycles. The fourth-order valence-corrected chi connectivity index (χ4v) is 2.63. The van der Waals surface area contributed by atoms with E-state index in [-0.39, 0.29) is 28.0 Å². The molecular formula is C18H14F3NO4S. The summed E-state index contributed by atoms with van der Waals surface area (Å²) in [4.78, 5) is 35.2. The molecule has 0 saturated heterocycles. The molecule has 0 radical (unpaired) electrons. The van der Waals surface area contributed by atoms with Crippen LogP contribution >= 0.6 is 11.8 Å². The molecule has 0 aliphatic heterocycles. The van der Waals surface area contributed by atoms with E-state index in [9.17, 15) is 27.6 Å². The normalized spacial score (nSPS) is 11.0. The van der Waals surface area contributed by atoms with E-state index in [2.05, 4.69) is 5.32 Å². The molecule has 1 amide bonds. The number of Topliss-reactive ketones (excluding diaryl/α,β-unsaturated/α-hetero) is 1. The number of hydrogen-bond acceptors (Lipinski definition) is 5. The van der Waals surface area contributed by atoms with Crippen LogP contribution < -0.4 is 5.32 Å². The van der Waals surface area contributed by atoms with E-state index in [0.29, 0.717) is 11.3 Å². The fourth-order valence-electron chi connectivity index (χ4n) is 2.09. The van der Waals surface area contributed by atoms with Gasteiger partial charge in [0.15, 0.2) is 12.4 Å². The van der Waals surface area contributed by atoms with Gasteiger partial charge >= 0.3 is 11.5 Å². The Morgan fingerprint density at radius 2 is 1.67 bits per heavy atom. The van der Waals surface area contributed by atoms with Crippen molar-refractivity contribution in [3.63, 3.8) is 0 Å². The Bertz CT molecular complexity index is 850. The first-order valence-corrected chi connectivity index (χ1v) is 8.40. The molecule has 0 aliphatic rings. The van der Waals surface area contributed by atoms with Gasteiger partial charge in [0.25, 0.3) is 5.91 Å². The zero-order valence-electron chi connectivity index (χ0n) is 14.0. The maximum Gasteiger partial charge on any atom is 0.446 e. The van der Waals surface area contributed by atoms with Crippen molar-refractivity contribution >= 4 is 35.1 Å². The summed E-state index contributed by atoms with van der Waals surface area (Å²) in [6, 6.07) is 11.0. The standard InChI is InChI=1S/C18H14F3NO4S/c1-11(23)14-4-2-3-5-15(14)22-16(24)10-26-17(25)12-6-8-13(9-7-12)27-18(19,20)21/h2-9H,10H2,1H3,(H,22,24). The monoisotopic (exact) mass is 397 g/mol. The van der Waals surface area contributed by atoms with Crippen molar-refractivity contribution < 1.29 is 32.3 Å². The van der Waals surface area contributed by atoms with Crippen LogP contribution in [0.2, 0.25) is 0 Å². The van der Waals surface area contributed by atoms with Crippen LogP contribution in [-0.4, -0.2) is 29.8 Å². The third-order valence-electron chi connectivity index (χ3n) is 3.24. The van der Waals surface area contributed by atoms with Gasteiger partial charge in [-0.3, -0.25) is 9.59 Å². The summed E-state index contributed by atoms with van der Waals surface area (Å²) in [5, 5.41) is 2.47. The van der Waals surface area contributed by atoms with Crippen LogP contribution in [0.5, 0.6) is 0 Å². The summed E-state index contributed by atoms with van der Waals surface area (Å²) in [5.41, 5.74) is -3.80. The average molecular weight is 397 g/mol. The fraction of sp³-hybridized carbons (Fsp3) is 0.167. The second kappa shape index (κ2) is 8.72. The summed E-state index contributed by atoms with van der Waals surface area (Å²) in [6.45, 7) is 0.746. The van der Waals surface area contributed by atoms with E-state index in [1.54, 1.807) is 18.2 Å². The van der Waals surface area contributed by atoms with Crippen LogP contribution in [0.3, 0.4) is 0 Å². The van der Waals surface area contributed by atoms with Gasteiger partial charge in [0, 0.05) is 10.5 Å². The van der Waals surface area contributed by atoms with Gasteiger partial charge in [0.05, 0.1) is 11.3 Å². The van der Waals surface area contributed by atoms with Crippen LogP contribution in [0.25, 0.3) is 0 Å². The number of halogens is 3. The first-order valence-electron chi connectivity index (χ1n) is 7.58. The number of hydrogen-bond donors (Lipinski definition) is 1. The number of para-hydroxylation sites is 1. The zero-order valence-corrected chi connectivity index (χ0v) is 14.8. The van der Waals surface area contributed by atoms with Crippen LogP contribution in [0.1, 0.15) is 27.6 Å². The molecule has 2 aromatic rings. The molecule has 9 heteroatoms. The molecule has 27 heavy (non-hydrogen) atoms. The van der Waals surface area contributed by atoms with Crippen molar-refractivity contribution in [3.8, 4) is 0 Å². The van der Waals surface area contributed by atoms with Crippen molar-refractivity contribution in [1.29, 1.82) is 0 Å². The topological polar surface area (TPSA) is 72.5 Å². The minimum Gasteiger partial charge on any atom is -0.452 e. The second-order valence-electron chi connectivity index (χ2n) is 5.30. The van der Waals surface area contributed by atoms with Crippen molar-refractivity contribution in [3.05, 3.63) is 59.7 Å². The molecule has 0 aliphatic carbocycles. The Morgan fingerprint density at radius 1 is 1.04 bits per heavy atom. The smallest absolute Gasteiger partial charge is 0.446 e.